The Morgan fingerprint density at radius 3 is 2.48 bits per heavy atom. The molecule has 1 aromatic heterocycles. The van der Waals surface area contributed by atoms with Crippen molar-refractivity contribution < 1.29 is 0 Å². The molecule has 0 atom stereocenters. The average Bonchev–Trinajstić information content (AvgIpc) is 2.64. The molecule has 1 saturated heterocycles. The summed E-state index contributed by atoms with van der Waals surface area (Å²) in [6, 6.07) is 10.6. The Bertz CT molecular complexity index is 741. The molecular weight excluding hydrogens is 312 g/mol. The Morgan fingerprint density at radius 1 is 1.12 bits per heavy atom. The first-order valence-corrected chi connectivity index (χ1v) is 8.75. The monoisotopic (exact) mass is 336 g/mol. The third-order valence-electron chi connectivity index (χ3n) is 4.52. The average molecular weight is 336 g/mol. The van der Waals surface area contributed by atoms with Crippen molar-refractivity contribution in [1.82, 2.24) is 14.9 Å². The fraction of sp³-hybridized carbons (Fsp3) is 0.421. The van der Waals surface area contributed by atoms with Gasteiger partial charge in [-0.2, -0.15) is 5.26 Å². The van der Waals surface area contributed by atoms with E-state index in [1.54, 1.807) is 0 Å². The van der Waals surface area contributed by atoms with E-state index < -0.39 is 0 Å². The number of likely N-dealkylation sites (N-methyl/N-ethyl adjacent to an activating group) is 1. The van der Waals surface area contributed by atoms with Gasteiger partial charge < -0.3 is 15.1 Å². The van der Waals surface area contributed by atoms with Gasteiger partial charge in [-0.3, -0.25) is 0 Å². The summed E-state index contributed by atoms with van der Waals surface area (Å²) in [5.41, 5.74) is 3.49. The topological polar surface area (TPSA) is 68.1 Å². The first kappa shape index (κ1) is 17.2. The highest BCUT2D eigenvalue weighted by molar-refractivity contribution is 5.65. The summed E-state index contributed by atoms with van der Waals surface area (Å²) in [4.78, 5) is 13.2. The van der Waals surface area contributed by atoms with Crippen LogP contribution in [0.15, 0.2) is 30.6 Å². The van der Waals surface area contributed by atoms with Crippen LogP contribution in [0.4, 0.5) is 17.2 Å². The van der Waals surface area contributed by atoms with Gasteiger partial charge >= 0.3 is 0 Å². The van der Waals surface area contributed by atoms with E-state index in [4.69, 9.17) is 0 Å². The zero-order chi connectivity index (χ0) is 17.6. The molecule has 0 spiro atoms. The Hall–Kier alpha value is -2.65. The molecule has 1 aromatic carbocycles. The van der Waals surface area contributed by atoms with Gasteiger partial charge in [-0.05, 0) is 37.7 Å². The van der Waals surface area contributed by atoms with E-state index in [1.807, 2.05) is 12.1 Å². The number of piperazine rings is 1. The number of aryl methyl sites for hydroxylation is 1. The lowest BCUT2D eigenvalue weighted by atomic mass is 10.1. The molecular formula is C19H24N6. The largest absolute Gasteiger partial charge is 0.369 e. The summed E-state index contributed by atoms with van der Waals surface area (Å²) < 4.78 is 0. The van der Waals surface area contributed by atoms with Gasteiger partial charge in [0, 0.05) is 37.6 Å². The number of anilines is 3. The van der Waals surface area contributed by atoms with Crippen molar-refractivity contribution in [2.24, 2.45) is 0 Å². The Balaban J connectivity index is 1.74. The second-order valence-corrected chi connectivity index (χ2v) is 6.37. The zero-order valence-electron chi connectivity index (χ0n) is 14.9. The molecule has 0 radical (unpaired) electrons. The van der Waals surface area contributed by atoms with Crippen LogP contribution >= 0.6 is 0 Å². The maximum Gasteiger partial charge on any atom is 0.152 e. The maximum absolute atomic E-state index is 9.46. The Kier molecular flexibility index (Phi) is 5.46. The summed E-state index contributed by atoms with van der Waals surface area (Å²) in [6.45, 7) is 6.36. The lowest BCUT2D eigenvalue weighted by molar-refractivity contribution is 0.313. The minimum Gasteiger partial charge on any atom is -0.369 e. The second kappa shape index (κ2) is 7.95. The Labute approximate surface area is 149 Å². The molecule has 0 unspecified atom stereocenters. The van der Waals surface area contributed by atoms with E-state index in [0.29, 0.717) is 11.4 Å². The van der Waals surface area contributed by atoms with Crippen LogP contribution in [0, 0.1) is 11.3 Å². The van der Waals surface area contributed by atoms with Crippen LogP contribution in [0.1, 0.15) is 24.6 Å². The smallest absolute Gasteiger partial charge is 0.152 e. The standard InChI is InChI=1S/C19H24N6/c1-3-4-18-17(13-20)19(22-14-21-18)23-15-5-7-16(8-6-15)25-11-9-24(2)10-12-25/h5-8,14H,3-4,9-12H2,1-2H3,(H,21,22,23). The fourth-order valence-corrected chi connectivity index (χ4v) is 3.02. The van der Waals surface area contributed by atoms with Gasteiger partial charge in [0.15, 0.2) is 5.82 Å². The van der Waals surface area contributed by atoms with Gasteiger partial charge in [0.25, 0.3) is 0 Å². The minimum absolute atomic E-state index is 0.535. The molecule has 0 saturated carbocycles. The molecule has 25 heavy (non-hydrogen) atoms. The van der Waals surface area contributed by atoms with Gasteiger partial charge in [-0.25, -0.2) is 9.97 Å². The van der Waals surface area contributed by atoms with Crippen molar-refractivity contribution in [2.45, 2.75) is 19.8 Å². The molecule has 1 aliphatic heterocycles. The van der Waals surface area contributed by atoms with Crippen LogP contribution in [0.3, 0.4) is 0 Å². The first-order valence-electron chi connectivity index (χ1n) is 8.75. The van der Waals surface area contributed by atoms with E-state index in [-0.39, 0.29) is 0 Å². The van der Waals surface area contributed by atoms with Crippen LogP contribution in [-0.4, -0.2) is 48.1 Å². The predicted molar refractivity (Wildman–Crippen MR) is 100 cm³/mol. The van der Waals surface area contributed by atoms with E-state index in [0.717, 1.165) is 50.4 Å². The number of aromatic nitrogens is 2. The molecule has 6 nitrogen and oxygen atoms in total. The van der Waals surface area contributed by atoms with Crippen molar-refractivity contribution in [3.8, 4) is 6.07 Å². The molecule has 0 amide bonds. The second-order valence-electron chi connectivity index (χ2n) is 6.37. The lowest BCUT2D eigenvalue weighted by Gasteiger charge is -2.34. The third-order valence-corrected chi connectivity index (χ3v) is 4.52. The number of nitrogens with zero attached hydrogens (tertiary/aromatic N) is 5. The molecule has 1 aliphatic rings. The van der Waals surface area contributed by atoms with Crippen LogP contribution < -0.4 is 10.2 Å². The number of hydrogen-bond donors (Lipinski definition) is 1. The summed E-state index contributed by atoms with van der Waals surface area (Å²) in [7, 11) is 2.16. The fourth-order valence-electron chi connectivity index (χ4n) is 3.02. The highest BCUT2D eigenvalue weighted by Gasteiger charge is 2.14. The van der Waals surface area contributed by atoms with E-state index in [2.05, 4.69) is 57.3 Å². The van der Waals surface area contributed by atoms with Gasteiger partial charge in [-0.1, -0.05) is 13.3 Å². The van der Waals surface area contributed by atoms with Crippen LogP contribution in [0.5, 0.6) is 0 Å². The molecule has 130 valence electrons. The first-order chi connectivity index (χ1) is 12.2. The van der Waals surface area contributed by atoms with Crippen LogP contribution in [-0.2, 0) is 6.42 Å². The van der Waals surface area contributed by atoms with Gasteiger partial charge in [0.1, 0.15) is 18.0 Å². The number of benzene rings is 1. The number of hydrogen-bond acceptors (Lipinski definition) is 6. The SMILES string of the molecule is CCCc1ncnc(Nc2ccc(N3CCN(C)CC3)cc2)c1C#N. The molecule has 1 N–H and O–H groups in total. The molecule has 0 aliphatic carbocycles. The minimum atomic E-state index is 0.535. The normalized spacial score (nSPS) is 15.0. The van der Waals surface area contributed by atoms with Gasteiger partial charge in [0.05, 0.1) is 5.69 Å². The number of rotatable bonds is 5. The summed E-state index contributed by atoms with van der Waals surface area (Å²) in [5.74, 6) is 0.577. The Morgan fingerprint density at radius 2 is 1.84 bits per heavy atom. The van der Waals surface area contributed by atoms with Crippen LogP contribution in [0.2, 0.25) is 0 Å². The van der Waals surface area contributed by atoms with E-state index in [9.17, 15) is 5.26 Å². The highest BCUT2D eigenvalue weighted by atomic mass is 15.2. The number of nitriles is 1. The van der Waals surface area contributed by atoms with Crippen molar-refractivity contribution in [3.05, 3.63) is 41.9 Å². The van der Waals surface area contributed by atoms with E-state index in [1.165, 1.54) is 12.0 Å². The molecule has 2 heterocycles. The molecule has 1 fully saturated rings. The molecule has 2 aromatic rings. The maximum atomic E-state index is 9.46. The molecule has 6 heteroatoms. The summed E-state index contributed by atoms with van der Waals surface area (Å²) in [5, 5.41) is 12.7. The number of nitrogens with one attached hydrogen (secondary N) is 1. The lowest BCUT2D eigenvalue weighted by Crippen LogP contribution is -2.44. The van der Waals surface area contributed by atoms with E-state index >= 15 is 0 Å². The zero-order valence-corrected chi connectivity index (χ0v) is 14.9. The molecule has 0 bridgehead atoms. The molecule has 3 rings (SSSR count). The van der Waals surface area contributed by atoms with Gasteiger partial charge in [-0.15, -0.1) is 0 Å². The van der Waals surface area contributed by atoms with Crippen molar-refractivity contribution in [2.75, 3.05) is 43.4 Å². The van der Waals surface area contributed by atoms with Crippen LogP contribution in [0.25, 0.3) is 0 Å². The van der Waals surface area contributed by atoms with Crippen molar-refractivity contribution in [1.29, 1.82) is 5.26 Å². The summed E-state index contributed by atoms with van der Waals surface area (Å²) in [6.07, 6.45) is 3.25. The predicted octanol–water partition coefficient (Wildman–Crippen LogP) is 2.80. The third kappa shape index (κ3) is 4.06. The quantitative estimate of drug-likeness (QED) is 0.905. The van der Waals surface area contributed by atoms with Crippen molar-refractivity contribution in [3.63, 3.8) is 0 Å². The van der Waals surface area contributed by atoms with Crippen molar-refractivity contribution >= 4 is 17.2 Å². The highest BCUT2D eigenvalue weighted by Crippen LogP contribution is 2.23. The summed E-state index contributed by atoms with van der Waals surface area (Å²) >= 11 is 0. The van der Waals surface area contributed by atoms with Gasteiger partial charge in [0.2, 0.25) is 0 Å².